The number of carbonyl (C=O) groups is 1. The van der Waals surface area contributed by atoms with Gasteiger partial charge in [-0.15, -0.1) is 0 Å². The highest BCUT2D eigenvalue weighted by atomic mass is 16.7. The van der Waals surface area contributed by atoms with Crippen molar-refractivity contribution in [1.82, 2.24) is 0 Å². The van der Waals surface area contributed by atoms with Crippen LogP contribution < -0.4 is 0 Å². The lowest BCUT2D eigenvalue weighted by Crippen LogP contribution is -2.45. The van der Waals surface area contributed by atoms with Gasteiger partial charge in [-0.2, -0.15) is 0 Å². The number of methoxy groups -OCH3 is 4. The first-order valence-electron chi connectivity index (χ1n) is 4.73. The number of carbonyl (C=O) groups excluding carboxylic acids is 1. The van der Waals surface area contributed by atoms with E-state index in [4.69, 9.17) is 18.9 Å². The second-order valence-corrected chi connectivity index (χ2v) is 3.15. The van der Waals surface area contributed by atoms with E-state index in [-0.39, 0.29) is 5.76 Å². The van der Waals surface area contributed by atoms with Crippen molar-refractivity contribution >= 4 is 5.97 Å². The van der Waals surface area contributed by atoms with Crippen molar-refractivity contribution in [2.75, 3.05) is 28.4 Å². The smallest absolute Gasteiger partial charge is 0.373 e. The summed E-state index contributed by atoms with van der Waals surface area (Å²) in [7, 11) is 5.77. The molecule has 6 nitrogen and oxygen atoms in total. The fraction of sp³-hybridized carbons (Fsp3) is 0.700. The van der Waals surface area contributed by atoms with Gasteiger partial charge in [0.2, 0.25) is 12.0 Å². The summed E-state index contributed by atoms with van der Waals surface area (Å²) in [6.07, 6.45) is -0.0366. The van der Waals surface area contributed by atoms with Crippen LogP contribution >= 0.6 is 0 Å². The van der Waals surface area contributed by atoms with Gasteiger partial charge in [0.25, 0.3) is 0 Å². The lowest BCUT2D eigenvalue weighted by atomic mass is 10.1. The van der Waals surface area contributed by atoms with Crippen LogP contribution in [0, 0.1) is 0 Å². The maximum absolute atomic E-state index is 11.3. The van der Waals surface area contributed by atoms with Gasteiger partial charge in [-0.3, -0.25) is 0 Å². The van der Waals surface area contributed by atoms with Crippen LogP contribution in [0.15, 0.2) is 11.8 Å². The second kappa shape index (κ2) is 5.83. The molecule has 0 radical (unpaired) electrons. The molecule has 0 aromatic carbocycles. The average molecular weight is 232 g/mol. The minimum Gasteiger partial charge on any atom is -0.463 e. The molecular weight excluding hydrogens is 216 g/mol. The highest BCUT2D eigenvalue weighted by Crippen LogP contribution is 2.23. The summed E-state index contributed by atoms with van der Waals surface area (Å²) in [5, 5.41) is 0. The molecule has 0 fully saturated rings. The molecule has 0 amide bonds. The Morgan fingerprint density at radius 1 is 1.19 bits per heavy atom. The number of esters is 1. The van der Waals surface area contributed by atoms with E-state index < -0.39 is 24.5 Å². The normalized spacial score (nSPS) is 29.2. The molecule has 16 heavy (non-hydrogen) atoms. The molecule has 1 heterocycles. The predicted octanol–water partition coefficient (Wildman–Crippen LogP) is 0.0760. The molecule has 3 atom stereocenters. The van der Waals surface area contributed by atoms with E-state index in [1.165, 1.54) is 34.5 Å². The van der Waals surface area contributed by atoms with Gasteiger partial charge in [0.1, 0.15) is 12.2 Å². The maximum Gasteiger partial charge on any atom is 0.373 e. The Kier molecular flexibility index (Phi) is 4.72. The van der Waals surface area contributed by atoms with E-state index in [0.29, 0.717) is 0 Å². The van der Waals surface area contributed by atoms with Crippen molar-refractivity contribution in [3.63, 3.8) is 0 Å². The fourth-order valence-corrected chi connectivity index (χ4v) is 1.48. The van der Waals surface area contributed by atoms with Crippen LogP contribution in [0.3, 0.4) is 0 Å². The predicted molar refractivity (Wildman–Crippen MR) is 53.6 cm³/mol. The SMILES string of the molecule is COC(=O)C1=C[C@H](OC)[C@@H](OC)[C@@H](OC)O1. The standard InChI is InChI=1S/C10H16O6/c1-12-6-5-7(9(11)14-3)16-10(15-4)8(6)13-2/h5-6,8,10H,1-4H3/t6-,8+,10-/m0/s1. The Labute approximate surface area is 94.1 Å². The molecule has 0 spiro atoms. The van der Waals surface area contributed by atoms with Crippen LogP contribution in [0.1, 0.15) is 0 Å². The summed E-state index contributed by atoms with van der Waals surface area (Å²) in [6.45, 7) is 0. The van der Waals surface area contributed by atoms with Crippen LogP contribution in [0.2, 0.25) is 0 Å². The van der Waals surface area contributed by atoms with Crippen molar-refractivity contribution in [3.8, 4) is 0 Å². The first-order chi connectivity index (χ1) is 7.67. The Balaban J connectivity index is 2.90. The Bertz CT molecular complexity index is 274. The molecule has 0 N–H and O–H groups in total. The number of rotatable bonds is 4. The zero-order valence-electron chi connectivity index (χ0n) is 9.76. The molecule has 0 saturated carbocycles. The summed E-state index contributed by atoms with van der Waals surface area (Å²) in [4.78, 5) is 11.3. The van der Waals surface area contributed by atoms with Crippen molar-refractivity contribution in [2.24, 2.45) is 0 Å². The second-order valence-electron chi connectivity index (χ2n) is 3.15. The van der Waals surface area contributed by atoms with Crippen LogP contribution in [-0.2, 0) is 28.5 Å². The van der Waals surface area contributed by atoms with Crippen molar-refractivity contribution < 1.29 is 28.5 Å². The topological polar surface area (TPSA) is 63.2 Å². The Hall–Kier alpha value is -1.11. The summed E-state index contributed by atoms with van der Waals surface area (Å²) < 4.78 is 25.3. The molecular formula is C10H16O6. The van der Waals surface area contributed by atoms with Gasteiger partial charge in [0.05, 0.1) is 7.11 Å². The molecule has 1 aliphatic heterocycles. The lowest BCUT2D eigenvalue weighted by molar-refractivity contribution is -0.208. The van der Waals surface area contributed by atoms with E-state index in [1.807, 2.05) is 0 Å². The number of hydrogen-bond acceptors (Lipinski definition) is 6. The summed E-state index contributed by atoms with van der Waals surface area (Å²) >= 11 is 0. The minimum atomic E-state index is -0.700. The van der Waals surface area contributed by atoms with Crippen LogP contribution in [0.4, 0.5) is 0 Å². The highest BCUT2D eigenvalue weighted by Gasteiger charge is 2.37. The molecule has 0 aliphatic carbocycles. The van der Waals surface area contributed by atoms with Crippen LogP contribution in [0.5, 0.6) is 0 Å². The first-order valence-corrected chi connectivity index (χ1v) is 4.73. The molecule has 1 rings (SSSR count). The van der Waals surface area contributed by atoms with E-state index in [2.05, 4.69) is 4.74 Å². The van der Waals surface area contributed by atoms with E-state index in [1.54, 1.807) is 0 Å². The average Bonchev–Trinajstić information content (AvgIpc) is 2.35. The van der Waals surface area contributed by atoms with Gasteiger partial charge in [0, 0.05) is 21.3 Å². The van der Waals surface area contributed by atoms with E-state index in [9.17, 15) is 4.79 Å². The quantitative estimate of drug-likeness (QED) is 0.639. The third-order valence-electron chi connectivity index (χ3n) is 2.31. The van der Waals surface area contributed by atoms with Gasteiger partial charge in [-0.05, 0) is 6.08 Å². The van der Waals surface area contributed by atoms with E-state index in [0.717, 1.165) is 0 Å². The van der Waals surface area contributed by atoms with Gasteiger partial charge >= 0.3 is 5.97 Å². The summed E-state index contributed by atoms with van der Waals surface area (Å²) in [5.74, 6) is -0.506. The largest absolute Gasteiger partial charge is 0.463 e. The highest BCUT2D eigenvalue weighted by molar-refractivity contribution is 5.86. The minimum absolute atomic E-state index is 0.0644. The number of ether oxygens (including phenoxy) is 5. The van der Waals surface area contributed by atoms with Gasteiger partial charge in [-0.1, -0.05) is 0 Å². The van der Waals surface area contributed by atoms with Crippen molar-refractivity contribution in [1.29, 1.82) is 0 Å². The maximum atomic E-state index is 11.3. The molecule has 0 bridgehead atoms. The fourth-order valence-electron chi connectivity index (χ4n) is 1.48. The Morgan fingerprint density at radius 2 is 1.88 bits per heavy atom. The Morgan fingerprint density at radius 3 is 2.31 bits per heavy atom. The third-order valence-corrected chi connectivity index (χ3v) is 2.31. The number of hydrogen-bond donors (Lipinski definition) is 0. The zero-order chi connectivity index (χ0) is 12.1. The monoisotopic (exact) mass is 232 g/mol. The van der Waals surface area contributed by atoms with Crippen molar-refractivity contribution in [2.45, 2.75) is 18.5 Å². The molecule has 0 aromatic heterocycles. The zero-order valence-corrected chi connectivity index (χ0v) is 9.76. The van der Waals surface area contributed by atoms with Crippen LogP contribution in [0.25, 0.3) is 0 Å². The van der Waals surface area contributed by atoms with Gasteiger partial charge in [-0.25, -0.2) is 4.79 Å². The van der Waals surface area contributed by atoms with Crippen LogP contribution in [-0.4, -0.2) is 52.9 Å². The summed E-state index contributed by atoms with van der Waals surface area (Å²) in [5.41, 5.74) is 0. The molecule has 1 aliphatic rings. The van der Waals surface area contributed by atoms with Gasteiger partial charge < -0.3 is 23.7 Å². The molecule has 92 valence electrons. The van der Waals surface area contributed by atoms with Crippen molar-refractivity contribution in [3.05, 3.63) is 11.8 Å². The first kappa shape index (κ1) is 13.0. The molecule has 0 unspecified atom stereocenters. The lowest BCUT2D eigenvalue weighted by Gasteiger charge is -2.33. The molecule has 6 heteroatoms. The summed E-state index contributed by atoms with van der Waals surface area (Å²) in [6, 6.07) is 0. The van der Waals surface area contributed by atoms with Gasteiger partial charge in [0.15, 0.2) is 0 Å². The molecule has 0 saturated heterocycles. The third kappa shape index (κ3) is 2.52. The molecule has 0 aromatic rings. The van der Waals surface area contributed by atoms with E-state index >= 15 is 0 Å².